The highest BCUT2D eigenvalue weighted by Gasteiger charge is 2.33. The highest BCUT2D eigenvalue weighted by molar-refractivity contribution is 5.77. The summed E-state index contributed by atoms with van der Waals surface area (Å²) >= 11 is 0. The predicted octanol–water partition coefficient (Wildman–Crippen LogP) is 4.49. The Hall–Kier alpha value is -3.30. The Labute approximate surface area is 177 Å². The number of hydrogen-bond donors (Lipinski definition) is 1. The van der Waals surface area contributed by atoms with Crippen molar-refractivity contribution >= 4 is 11.6 Å². The largest absolute Gasteiger partial charge is 0.492 e. The molecule has 7 nitrogen and oxygen atoms in total. The third kappa shape index (κ3) is 7.16. The van der Waals surface area contributed by atoms with E-state index >= 15 is 0 Å². The van der Waals surface area contributed by atoms with Gasteiger partial charge in [-0.15, -0.1) is 0 Å². The van der Waals surface area contributed by atoms with Crippen LogP contribution in [0.25, 0.3) is 0 Å². The van der Waals surface area contributed by atoms with Gasteiger partial charge in [0.15, 0.2) is 12.4 Å². The molecule has 0 fully saturated rings. The molecule has 0 aromatic heterocycles. The van der Waals surface area contributed by atoms with Crippen LogP contribution < -0.4 is 14.8 Å². The molecule has 0 radical (unpaired) electrons. The lowest BCUT2D eigenvalue weighted by atomic mass is 9.87. The number of alkyl halides is 3. The van der Waals surface area contributed by atoms with Gasteiger partial charge in [0.1, 0.15) is 12.4 Å². The number of nitrogens with one attached hydrogen (secondary N) is 1. The Kier molecular flexibility index (Phi) is 7.48. The van der Waals surface area contributed by atoms with Crippen LogP contribution in [0.4, 0.5) is 18.9 Å². The standard InChI is InChI=1S/C21H23F3N2O5/c1-20(2,3)14-4-7-16(8-5-14)30-11-10-25-19(27)13-31-18-9-6-15(21(22,23)24)12-17(18)26(28)29/h4-9,12H,10-11,13H2,1-3H3,(H,25,27). The van der Waals surface area contributed by atoms with Crippen molar-refractivity contribution in [2.75, 3.05) is 19.8 Å². The van der Waals surface area contributed by atoms with E-state index in [0.29, 0.717) is 17.9 Å². The Morgan fingerprint density at radius 3 is 2.19 bits per heavy atom. The highest BCUT2D eigenvalue weighted by Crippen LogP contribution is 2.36. The highest BCUT2D eigenvalue weighted by atomic mass is 19.4. The van der Waals surface area contributed by atoms with Crippen LogP contribution in [0.5, 0.6) is 11.5 Å². The van der Waals surface area contributed by atoms with Gasteiger partial charge in [-0.2, -0.15) is 13.2 Å². The van der Waals surface area contributed by atoms with E-state index < -0.39 is 40.6 Å². The Bertz CT molecular complexity index is 922. The number of benzene rings is 2. The third-order valence-electron chi connectivity index (χ3n) is 4.26. The fourth-order valence-electron chi connectivity index (χ4n) is 2.56. The second-order valence-corrected chi connectivity index (χ2v) is 7.70. The van der Waals surface area contributed by atoms with Crippen LogP contribution >= 0.6 is 0 Å². The number of nitro groups is 1. The maximum atomic E-state index is 12.7. The van der Waals surface area contributed by atoms with Gasteiger partial charge in [-0.05, 0) is 35.2 Å². The summed E-state index contributed by atoms with van der Waals surface area (Å²) in [6, 6.07) is 9.41. The molecule has 2 rings (SSSR count). The predicted molar refractivity (Wildman–Crippen MR) is 107 cm³/mol. The Morgan fingerprint density at radius 1 is 1.03 bits per heavy atom. The normalized spacial score (nSPS) is 11.7. The molecule has 0 saturated carbocycles. The number of nitro benzene ring substituents is 1. The van der Waals surface area contributed by atoms with Gasteiger partial charge in [-0.3, -0.25) is 14.9 Å². The molecule has 0 unspecified atom stereocenters. The lowest BCUT2D eigenvalue weighted by Gasteiger charge is -2.19. The second kappa shape index (κ2) is 9.67. The maximum absolute atomic E-state index is 12.7. The van der Waals surface area contributed by atoms with Crippen molar-refractivity contribution in [1.29, 1.82) is 0 Å². The van der Waals surface area contributed by atoms with Crippen LogP contribution in [-0.4, -0.2) is 30.6 Å². The van der Waals surface area contributed by atoms with Gasteiger partial charge in [0.2, 0.25) is 0 Å². The number of hydrogen-bond acceptors (Lipinski definition) is 5. The van der Waals surface area contributed by atoms with E-state index in [2.05, 4.69) is 26.1 Å². The zero-order valence-corrected chi connectivity index (χ0v) is 17.3. The van der Waals surface area contributed by atoms with Crippen LogP contribution in [0, 0.1) is 10.1 Å². The quantitative estimate of drug-likeness (QED) is 0.371. The van der Waals surface area contributed by atoms with Gasteiger partial charge in [0, 0.05) is 6.07 Å². The first-order valence-corrected chi connectivity index (χ1v) is 9.36. The summed E-state index contributed by atoms with van der Waals surface area (Å²) in [5.41, 5.74) is -0.870. The summed E-state index contributed by atoms with van der Waals surface area (Å²) in [6.45, 7) is 6.03. The van der Waals surface area contributed by atoms with Crippen molar-refractivity contribution in [2.24, 2.45) is 0 Å². The number of nitrogens with zero attached hydrogens (tertiary/aromatic N) is 1. The van der Waals surface area contributed by atoms with Gasteiger partial charge in [0.25, 0.3) is 5.91 Å². The summed E-state index contributed by atoms with van der Waals surface area (Å²) in [5.74, 6) is -0.386. The molecule has 2 aromatic rings. The number of rotatable bonds is 8. The molecule has 10 heteroatoms. The summed E-state index contributed by atoms with van der Waals surface area (Å²) < 4.78 is 48.7. The van der Waals surface area contributed by atoms with E-state index in [0.717, 1.165) is 11.6 Å². The molecular formula is C21H23F3N2O5. The monoisotopic (exact) mass is 440 g/mol. The van der Waals surface area contributed by atoms with E-state index in [9.17, 15) is 28.1 Å². The van der Waals surface area contributed by atoms with Gasteiger partial charge in [-0.25, -0.2) is 0 Å². The van der Waals surface area contributed by atoms with Crippen molar-refractivity contribution in [2.45, 2.75) is 32.4 Å². The molecule has 2 aromatic carbocycles. The SMILES string of the molecule is CC(C)(C)c1ccc(OCCNC(=O)COc2ccc(C(F)(F)F)cc2[N+](=O)[O-])cc1. The van der Waals surface area contributed by atoms with E-state index in [4.69, 9.17) is 9.47 Å². The minimum Gasteiger partial charge on any atom is -0.492 e. The molecule has 0 aliphatic rings. The first-order chi connectivity index (χ1) is 14.4. The second-order valence-electron chi connectivity index (χ2n) is 7.70. The number of amides is 1. The van der Waals surface area contributed by atoms with Gasteiger partial charge in [-0.1, -0.05) is 32.9 Å². The number of ether oxygens (including phenoxy) is 2. The minimum atomic E-state index is -4.73. The zero-order chi connectivity index (χ0) is 23.2. The lowest BCUT2D eigenvalue weighted by molar-refractivity contribution is -0.386. The molecule has 31 heavy (non-hydrogen) atoms. The van der Waals surface area contributed by atoms with Crippen molar-refractivity contribution in [3.63, 3.8) is 0 Å². The first kappa shape index (κ1) is 24.0. The molecule has 0 heterocycles. The molecule has 1 amide bonds. The van der Waals surface area contributed by atoms with E-state index in [1.165, 1.54) is 0 Å². The maximum Gasteiger partial charge on any atom is 0.416 e. The van der Waals surface area contributed by atoms with Gasteiger partial charge in [0.05, 0.1) is 17.0 Å². The Morgan fingerprint density at radius 2 is 1.65 bits per heavy atom. The smallest absolute Gasteiger partial charge is 0.416 e. The van der Waals surface area contributed by atoms with Crippen molar-refractivity contribution in [1.82, 2.24) is 5.32 Å². The number of carbonyl (C=O) groups is 1. The lowest BCUT2D eigenvalue weighted by Crippen LogP contribution is -2.32. The Balaban J connectivity index is 1.81. The van der Waals surface area contributed by atoms with Gasteiger partial charge >= 0.3 is 11.9 Å². The number of halogens is 3. The average Bonchev–Trinajstić information content (AvgIpc) is 2.68. The van der Waals surface area contributed by atoms with Gasteiger partial charge < -0.3 is 14.8 Å². The molecule has 0 aliphatic carbocycles. The molecule has 1 N–H and O–H groups in total. The van der Waals surface area contributed by atoms with Crippen molar-refractivity contribution in [3.05, 3.63) is 63.7 Å². The van der Waals surface area contributed by atoms with Crippen LogP contribution in [0.3, 0.4) is 0 Å². The first-order valence-electron chi connectivity index (χ1n) is 9.36. The molecule has 0 spiro atoms. The molecule has 0 aliphatic heterocycles. The topological polar surface area (TPSA) is 90.7 Å². The minimum absolute atomic E-state index is 0.0225. The summed E-state index contributed by atoms with van der Waals surface area (Å²) in [6.07, 6.45) is -4.73. The summed E-state index contributed by atoms with van der Waals surface area (Å²) in [7, 11) is 0. The summed E-state index contributed by atoms with van der Waals surface area (Å²) in [4.78, 5) is 21.9. The van der Waals surface area contributed by atoms with E-state index in [-0.39, 0.29) is 18.6 Å². The van der Waals surface area contributed by atoms with Crippen molar-refractivity contribution in [3.8, 4) is 11.5 Å². The average molecular weight is 440 g/mol. The van der Waals surface area contributed by atoms with Crippen LogP contribution in [0.2, 0.25) is 0 Å². The summed E-state index contributed by atoms with van der Waals surface area (Å²) in [5, 5.41) is 13.5. The number of carbonyl (C=O) groups excluding carboxylic acids is 1. The van der Waals surface area contributed by atoms with E-state index in [1.807, 2.05) is 24.3 Å². The third-order valence-corrected chi connectivity index (χ3v) is 4.26. The fraction of sp³-hybridized carbons (Fsp3) is 0.381. The van der Waals surface area contributed by atoms with E-state index in [1.54, 1.807) is 0 Å². The molecule has 0 bridgehead atoms. The van der Waals surface area contributed by atoms with Crippen LogP contribution in [0.1, 0.15) is 31.9 Å². The molecular weight excluding hydrogens is 417 g/mol. The van der Waals surface area contributed by atoms with Crippen LogP contribution in [-0.2, 0) is 16.4 Å². The molecule has 168 valence electrons. The van der Waals surface area contributed by atoms with Crippen LogP contribution in [0.15, 0.2) is 42.5 Å². The van der Waals surface area contributed by atoms with Crippen molar-refractivity contribution < 1.29 is 32.4 Å². The molecule has 0 saturated heterocycles. The fourth-order valence-corrected chi connectivity index (χ4v) is 2.56. The zero-order valence-electron chi connectivity index (χ0n) is 17.3. The molecule has 0 atom stereocenters.